The first-order valence-electron chi connectivity index (χ1n) is 42.5. The Balaban J connectivity index is 0.589. The highest BCUT2D eigenvalue weighted by Crippen LogP contribution is 2.53. The van der Waals surface area contributed by atoms with E-state index in [1.807, 2.05) is 0 Å². The Kier molecular flexibility index (Phi) is 39.6. The number of aliphatic hydroxyl groups excluding tert-OH is 13. The topological polar surface area (TPSA) is 660 Å². The van der Waals surface area contributed by atoms with Crippen molar-refractivity contribution in [3.05, 3.63) is 93.3 Å². The number of nitrogens with two attached hydrogens (primary N) is 2. The lowest BCUT2D eigenvalue weighted by Gasteiger charge is -2.45. The van der Waals surface area contributed by atoms with Crippen molar-refractivity contribution in [2.75, 3.05) is 127 Å². The molecule has 720 valence electrons. The monoisotopic (exact) mass is 1900 g/mol. The average Bonchev–Trinajstić information content (AvgIpc) is 0.743. The molecule has 4 aromatic rings. The molecule has 1 aromatic heterocycles. The summed E-state index contributed by atoms with van der Waals surface area (Å²) in [6.07, 6.45) is -28.9. The Bertz CT molecular complexity index is 4320. The summed E-state index contributed by atoms with van der Waals surface area (Å²) in [5.41, 5.74) is 9.97. The number of aryl methyl sites for hydroxylation is 1. The van der Waals surface area contributed by atoms with Crippen LogP contribution in [0.5, 0.6) is 17.2 Å². The number of phenols is 2. The van der Waals surface area contributed by atoms with Gasteiger partial charge in [-0.05, 0) is 86.6 Å². The predicted molar refractivity (Wildman–Crippen MR) is 460 cm³/mol. The standard InChI is InChI=1S/C82H119N9O34S4/c1-39-60(97)45(84)29-55(120-39)121-47-31-82(112,30-44-57(47)68(105)59-58(62(44)99)61(98)43-10-5-11-46(113-2)56(43)67(59)104)52(35-94)88-89-77(111)40-13-15-42(16-14-40)91-32-41(87-90-91)9-4-12-53(95)85-18-27-127-24-7-20-115-74-71(108)65(102)50(123-78(74)114-3)36-119-80-76(117-21-6-23-126-26-17-83)72(109)66(103)51(124-80)37-118-79-75(70(107)64(101)48(33-92)122-79)116-22-8-25-128-28-19-86-54(96)38-129-81-73(110)69(106)63(100)49(34-93)125-81/h5,10-11,13-16,32,39,45,47-51,55,60,63-66,69-76,78-81,92-94,97,99-103,105-110,112H,4,6-9,12,17-31,33-38,83-84H2,1-3H3,(H,85,95)(H,86,96)(H,89,111)/b88-52+/t39-,45-,47-,48+,49?,50+,51+,55-,60+,63+,64+,65+,66+,69-,70-,71-,72-,73?,74+,75+,76+,78-,79-,80-,81+,82-/m0/s1. The molecule has 0 radical (unpaired) electrons. The molecule has 5 saturated heterocycles. The van der Waals surface area contributed by atoms with Crippen LogP contribution < -0.4 is 32.3 Å². The van der Waals surface area contributed by atoms with Crippen LogP contribution >= 0.6 is 47.0 Å². The Labute approximate surface area is 759 Å². The van der Waals surface area contributed by atoms with Gasteiger partial charge in [-0.25, -0.2) is 10.1 Å². The summed E-state index contributed by atoms with van der Waals surface area (Å²) in [6.45, 7) is -0.395. The molecular weight excluding hydrogens is 1780 g/mol. The Hall–Kier alpha value is -6.10. The molecule has 0 spiro atoms. The number of rotatable bonds is 47. The smallest absolute Gasteiger partial charge is 0.271 e. The molecule has 6 heterocycles. The van der Waals surface area contributed by atoms with Crippen molar-refractivity contribution in [2.24, 2.45) is 16.6 Å². The molecule has 2 unspecified atom stereocenters. The molecule has 23 N–H and O–H groups in total. The maximum atomic E-state index is 14.2. The number of aliphatic hydroxyl groups is 14. The van der Waals surface area contributed by atoms with E-state index in [0.717, 1.165) is 11.8 Å². The number of ether oxygens (including phenoxy) is 13. The van der Waals surface area contributed by atoms with Gasteiger partial charge in [0, 0.05) is 118 Å². The van der Waals surface area contributed by atoms with Crippen LogP contribution in [-0.2, 0) is 79.3 Å². The van der Waals surface area contributed by atoms with Gasteiger partial charge in [-0.1, -0.05) is 17.3 Å². The molecule has 0 saturated carbocycles. The molecule has 7 aliphatic rings. The molecular formula is C82H119N9O34S4. The highest BCUT2D eigenvalue weighted by molar-refractivity contribution is 8.00. The minimum atomic E-state index is -2.27. The maximum Gasteiger partial charge on any atom is 0.271 e. The van der Waals surface area contributed by atoms with E-state index in [1.54, 1.807) is 48.8 Å². The van der Waals surface area contributed by atoms with Gasteiger partial charge in [0.15, 0.2) is 30.9 Å². The maximum absolute atomic E-state index is 14.2. The van der Waals surface area contributed by atoms with E-state index in [4.69, 9.17) is 73.0 Å². The molecule has 3 amide bonds. The summed E-state index contributed by atoms with van der Waals surface area (Å²) in [5, 5.41) is 194. The largest absolute Gasteiger partial charge is 0.507 e. The summed E-state index contributed by atoms with van der Waals surface area (Å²) in [5.74, 6) is -1.05. The van der Waals surface area contributed by atoms with Crippen LogP contribution in [0.15, 0.2) is 53.8 Å². The second-order valence-corrected chi connectivity index (χ2v) is 36.6. The van der Waals surface area contributed by atoms with Gasteiger partial charge in [0.1, 0.15) is 126 Å². The van der Waals surface area contributed by atoms with Gasteiger partial charge >= 0.3 is 0 Å². The molecule has 47 heteroatoms. The van der Waals surface area contributed by atoms with Crippen LogP contribution in [0.1, 0.15) is 117 Å². The number of nitrogens with one attached hydrogen (secondary N) is 3. The lowest BCUT2D eigenvalue weighted by Crippen LogP contribution is -2.63. The van der Waals surface area contributed by atoms with Crippen LogP contribution in [0.2, 0.25) is 0 Å². The number of aromatic hydroxyl groups is 2. The van der Waals surface area contributed by atoms with Gasteiger partial charge in [-0.2, -0.15) is 40.4 Å². The van der Waals surface area contributed by atoms with E-state index < -0.39 is 250 Å². The van der Waals surface area contributed by atoms with Crippen molar-refractivity contribution in [1.29, 1.82) is 0 Å². The fourth-order valence-electron chi connectivity index (χ4n) is 15.9. The molecule has 3 aromatic carbocycles. The minimum Gasteiger partial charge on any atom is -0.507 e. The molecule has 2 aliphatic carbocycles. The van der Waals surface area contributed by atoms with Crippen molar-refractivity contribution in [3.63, 3.8) is 0 Å². The third-order valence-electron chi connectivity index (χ3n) is 22.9. The normalized spacial score (nSPS) is 31.8. The van der Waals surface area contributed by atoms with E-state index in [1.165, 1.54) is 61.0 Å². The highest BCUT2D eigenvalue weighted by Gasteiger charge is 2.54. The number of carbonyl (C=O) groups excluding carboxylic acids is 5. The number of phenolic OH excluding ortho intramolecular Hbond substituents is 2. The number of amides is 3. The first-order chi connectivity index (χ1) is 62.0. The molecule has 5 aliphatic heterocycles. The van der Waals surface area contributed by atoms with E-state index in [0.29, 0.717) is 91.1 Å². The van der Waals surface area contributed by atoms with Gasteiger partial charge < -0.3 is 165 Å². The number of hydrogen-bond donors (Lipinski definition) is 21. The number of hydrazone groups is 1. The number of carbonyl (C=O) groups is 5. The minimum absolute atomic E-state index is 0.0189. The zero-order valence-electron chi connectivity index (χ0n) is 71.2. The Morgan fingerprint density at radius 2 is 1.19 bits per heavy atom. The third kappa shape index (κ3) is 25.7. The van der Waals surface area contributed by atoms with Gasteiger partial charge in [-0.15, -0.1) is 16.9 Å². The van der Waals surface area contributed by atoms with E-state index in [2.05, 4.69) is 31.5 Å². The van der Waals surface area contributed by atoms with Crippen molar-refractivity contribution in [3.8, 4) is 22.9 Å². The first-order valence-corrected chi connectivity index (χ1v) is 47.0. The second kappa shape index (κ2) is 49.4. The number of benzene rings is 3. The zero-order chi connectivity index (χ0) is 92.9. The summed E-state index contributed by atoms with van der Waals surface area (Å²) >= 11 is 5.50. The molecule has 11 rings (SSSR count). The number of aromatic nitrogens is 3. The van der Waals surface area contributed by atoms with Crippen LogP contribution in [0, 0.1) is 0 Å². The van der Waals surface area contributed by atoms with Gasteiger partial charge in [0.25, 0.3) is 5.91 Å². The quantitative estimate of drug-likeness (QED) is 0.00754. The van der Waals surface area contributed by atoms with Crippen molar-refractivity contribution < 1.29 is 167 Å². The fourth-order valence-corrected chi connectivity index (χ4v) is 19.1. The molecule has 26 atom stereocenters. The molecule has 43 nitrogen and oxygen atoms in total. The highest BCUT2D eigenvalue weighted by atomic mass is 32.2. The lowest BCUT2D eigenvalue weighted by molar-refractivity contribution is -0.348. The number of nitrogens with zero attached hydrogens (tertiary/aromatic N) is 4. The third-order valence-corrected chi connectivity index (χ3v) is 27.3. The number of ketones is 2. The number of fused-ring (bicyclic) bond motifs is 3. The van der Waals surface area contributed by atoms with Gasteiger partial charge in [0.2, 0.25) is 17.6 Å². The van der Waals surface area contributed by atoms with Crippen LogP contribution in [0.3, 0.4) is 0 Å². The number of hydrogen-bond acceptors (Lipinski definition) is 43. The van der Waals surface area contributed by atoms with E-state index >= 15 is 0 Å². The van der Waals surface area contributed by atoms with Crippen molar-refractivity contribution >= 4 is 82.0 Å². The van der Waals surface area contributed by atoms with Crippen LogP contribution in [0.25, 0.3) is 5.69 Å². The Morgan fingerprint density at radius 3 is 1.77 bits per heavy atom. The van der Waals surface area contributed by atoms with E-state index in [9.17, 15) is 106 Å². The van der Waals surface area contributed by atoms with Crippen molar-refractivity contribution in [2.45, 2.75) is 223 Å². The number of thioether (sulfide) groups is 4. The van der Waals surface area contributed by atoms with Crippen LogP contribution in [-0.4, -0.2) is 411 Å². The molecule has 0 bridgehead atoms. The fraction of sp³-hybridized carbons (Fsp3) is 0.683. The van der Waals surface area contributed by atoms with Crippen molar-refractivity contribution in [1.82, 2.24) is 31.1 Å². The second-order valence-electron chi connectivity index (χ2n) is 31.8. The SMILES string of the molecule is COc1cccc2c1C(=O)c1c(O)c3c(c(O)c1C2=O)C[C@@](O)(/C(CO)=N/NC(=O)c1ccc(-n2cc(CCCC(=O)NCCSCCCO[C@H]4[C@@H](OC)O[C@H](CO[C@H]5O[C@H](CO[C@H]6O[C@H](CO)[C@@H](O)[C@H](O)[C@H]6OCCCSCCNC(=O)CS[C@H]6OC(CO)[C@@H](O)[C@H](O)C6O)[C@@H](O)[C@H](O)[C@H]5OCCCSCCN)[C@@H](O)[C@@H]4O)nn2)cc1)C[C@@H]3O[C@H]1C[C@H](N)[C@H](O)[C@H](C)O1. The van der Waals surface area contributed by atoms with Gasteiger partial charge in [0.05, 0.1) is 104 Å². The first kappa shape index (κ1) is 103. The van der Waals surface area contributed by atoms with Gasteiger partial charge in [-0.3, -0.25) is 24.0 Å². The molecule has 129 heavy (non-hydrogen) atoms. The average molecular weight is 1900 g/mol. The van der Waals surface area contributed by atoms with E-state index in [-0.39, 0.29) is 90.3 Å². The summed E-state index contributed by atoms with van der Waals surface area (Å²) in [4.78, 5) is 67.5. The van der Waals surface area contributed by atoms with Crippen LogP contribution in [0.4, 0.5) is 0 Å². The summed E-state index contributed by atoms with van der Waals surface area (Å²) in [7, 11) is 2.63. The Morgan fingerprint density at radius 1 is 0.628 bits per heavy atom. The molecule has 5 fully saturated rings. The zero-order valence-corrected chi connectivity index (χ0v) is 74.5. The summed E-state index contributed by atoms with van der Waals surface area (Å²) in [6, 6.07) is 9.58. The predicted octanol–water partition coefficient (Wildman–Crippen LogP) is -4.62. The number of methoxy groups -OCH3 is 2. The lowest BCUT2D eigenvalue weighted by atomic mass is 9.71. The summed E-state index contributed by atoms with van der Waals surface area (Å²) < 4.78 is 78.6.